The van der Waals surface area contributed by atoms with Crippen molar-refractivity contribution < 1.29 is 24.5 Å². The SMILES string of the molecule is COC(=O)OCC(CO)CO. The van der Waals surface area contributed by atoms with E-state index < -0.39 is 12.1 Å². The molecule has 5 heteroatoms. The van der Waals surface area contributed by atoms with Gasteiger partial charge in [0, 0.05) is 5.92 Å². The number of rotatable bonds is 4. The van der Waals surface area contributed by atoms with Crippen LogP contribution in [0.4, 0.5) is 4.79 Å². The van der Waals surface area contributed by atoms with E-state index in [0.717, 1.165) is 0 Å². The van der Waals surface area contributed by atoms with Gasteiger partial charge in [-0.2, -0.15) is 0 Å². The number of ether oxygens (including phenoxy) is 2. The van der Waals surface area contributed by atoms with Crippen molar-refractivity contribution in [2.75, 3.05) is 26.9 Å². The lowest BCUT2D eigenvalue weighted by Gasteiger charge is -2.09. The monoisotopic (exact) mass is 164 g/mol. The molecule has 66 valence electrons. The Hall–Kier alpha value is -0.810. The molecular weight excluding hydrogens is 152 g/mol. The first kappa shape index (κ1) is 10.2. The van der Waals surface area contributed by atoms with E-state index in [1.807, 2.05) is 0 Å². The normalized spacial score (nSPS) is 9.82. The molecular formula is C6H12O5. The Morgan fingerprint density at radius 1 is 1.45 bits per heavy atom. The first-order valence-electron chi connectivity index (χ1n) is 3.17. The van der Waals surface area contributed by atoms with E-state index in [4.69, 9.17) is 10.2 Å². The highest BCUT2D eigenvalue weighted by molar-refractivity contribution is 5.59. The summed E-state index contributed by atoms with van der Waals surface area (Å²) >= 11 is 0. The van der Waals surface area contributed by atoms with Gasteiger partial charge in [0.1, 0.15) is 6.61 Å². The van der Waals surface area contributed by atoms with Gasteiger partial charge in [-0.15, -0.1) is 0 Å². The lowest BCUT2D eigenvalue weighted by atomic mass is 10.2. The molecule has 0 spiro atoms. The number of carbonyl (C=O) groups excluding carboxylic acids is 1. The Kier molecular flexibility index (Phi) is 5.50. The minimum Gasteiger partial charge on any atom is -0.438 e. The fourth-order valence-electron chi connectivity index (χ4n) is 0.408. The van der Waals surface area contributed by atoms with Gasteiger partial charge in [0.2, 0.25) is 0 Å². The molecule has 0 aliphatic carbocycles. The van der Waals surface area contributed by atoms with Gasteiger partial charge in [0.25, 0.3) is 0 Å². The third-order valence-electron chi connectivity index (χ3n) is 1.12. The zero-order valence-electron chi connectivity index (χ0n) is 6.32. The quantitative estimate of drug-likeness (QED) is 0.541. The summed E-state index contributed by atoms with van der Waals surface area (Å²) in [4.78, 5) is 10.3. The van der Waals surface area contributed by atoms with Crippen molar-refractivity contribution in [2.45, 2.75) is 0 Å². The van der Waals surface area contributed by atoms with Crippen LogP contribution in [0.15, 0.2) is 0 Å². The smallest absolute Gasteiger partial charge is 0.438 e. The summed E-state index contributed by atoms with van der Waals surface area (Å²) < 4.78 is 8.62. The van der Waals surface area contributed by atoms with Gasteiger partial charge in [-0.05, 0) is 0 Å². The maximum absolute atomic E-state index is 10.3. The fraction of sp³-hybridized carbons (Fsp3) is 0.833. The lowest BCUT2D eigenvalue weighted by molar-refractivity contribution is 0.0358. The Bertz CT molecular complexity index is 110. The molecule has 0 aliphatic heterocycles. The highest BCUT2D eigenvalue weighted by Gasteiger charge is 2.09. The third kappa shape index (κ3) is 4.58. The van der Waals surface area contributed by atoms with E-state index in [2.05, 4.69) is 9.47 Å². The number of aliphatic hydroxyl groups is 2. The van der Waals surface area contributed by atoms with Gasteiger partial charge in [0.15, 0.2) is 0 Å². The molecule has 11 heavy (non-hydrogen) atoms. The summed E-state index contributed by atoms with van der Waals surface area (Å²) in [7, 11) is 1.19. The molecule has 0 unspecified atom stereocenters. The van der Waals surface area contributed by atoms with E-state index in [1.54, 1.807) is 0 Å². The second kappa shape index (κ2) is 5.94. The molecule has 0 saturated carbocycles. The minimum absolute atomic E-state index is 0.0281. The van der Waals surface area contributed by atoms with Crippen molar-refractivity contribution >= 4 is 6.16 Å². The Balaban J connectivity index is 3.42. The first-order chi connectivity index (χ1) is 5.24. The molecule has 0 saturated heterocycles. The van der Waals surface area contributed by atoms with Crippen LogP contribution < -0.4 is 0 Å². The van der Waals surface area contributed by atoms with E-state index in [9.17, 15) is 4.79 Å². The summed E-state index contributed by atoms with van der Waals surface area (Å²) in [5.41, 5.74) is 0. The van der Waals surface area contributed by atoms with Crippen molar-refractivity contribution in [1.82, 2.24) is 0 Å². The first-order valence-corrected chi connectivity index (χ1v) is 3.17. The van der Waals surface area contributed by atoms with Gasteiger partial charge in [-0.25, -0.2) is 4.79 Å². The van der Waals surface area contributed by atoms with Crippen LogP contribution in [0.25, 0.3) is 0 Å². The maximum atomic E-state index is 10.3. The molecule has 0 rings (SSSR count). The predicted molar refractivity (Wildman–Crippen MR) is 36.0 cm³/mol. The van der Waals surface area contributed by atoms with Crippen LogP contribution in [-0.4, -0.2) is 43.3 Å². The topological polar surface area (TPSA) is 76.0 Å². The second-order valence-electron chi connectivity index (χ2n) is 2.00. The van der Waals surface area contributed by atoms with Crippen molar-refractivity contribution in [3.8, 4) is 0 Å². The average molecular weight is 164 g/mol. The summed E-state index contributed by atoms with van der Waals surface area (Å²) in [6, 6.07) is 0. The van der Waals surface area contributed by atoms with Gasteiger partial charge < -0.3 is 19.7 Å². The second-order valence-corrected chi connectivity index (χ2v) is 2.00. The Morgan fingerprint density at radius 2 is 2.00 bits per heavy atom. The number of hydrogen-bond acceptors (Lipinski definition) is 5. The number of methoxy groups -OCH3 is 1. The average Bonchev–Trinajstić information content (AvgIpc) is 2.06. The summed E-state index contributed by atoms with van der Waals surface area (Å²) in [5, 5.41) is 17.0. The van der Waals surface area contributed by atoms with Crippen LogP contribution in [0, 0.1) is 5.92 Å². The van der Waals surface area contributed by atoms with Gasteiger partial charge in [-0.1, -0.05) is 0 Å². The largest absolute Gasteiger partial charge is 0.507 e. The van der Waals surface area contributed by atoms with Crippen LogP contribution in [0.5, 0.6) is 0 Å². The molecule has 2 N–H and O–H groups in total. The van der Waals surface area contributed by atoms with Gasteiger partial charge in [-0.3, -0.25) is 0 Å². The minimum atomic E-state index is -0.808. The molecule has 0 bridgehead atoms. The molecule has 0 heterocycles. The Labute approximate surface area is 64.5 Å². The van der Waals surface area contributed by atoms with Crippen LogP contribution in [0.1, 0.15) is 0 Å². The van der Waals surface area contributed by atoms with E-state index in [0.29, 0.717) is 0 Å². The number of carbonyl (C=O) groups is 1. The standard InChI is InChI=1S/C6H12O5/c1-10-6(9)11-4-5(2-7)3-8/h5,7-8H,2-4H2,1H3. The van der Waals surface area contributed by atoms with Gasteiger partial charge in [0.05, 0.1) is 20.3 Å². The zero-order chi connectivity index (χ0) is 8.69. The van der Waals surface area contributed by atoms with Crippen LogP contribution in [0.2, 0.25) is 0 Å². The highest BCUT2D eigenvalue weighted by atomic mass is 16.7. The molecule has 0 aromatic rings. The van der Waals surface area contributed by atoms with E-state index in [1.165, 1.54) is 7.11 Å². The molecule has 0 fully saturated rings. The molecule has 0 amide bonds. The molecule has 0 aromatic heterocycles. The summed E-state index contributed by atoms with van der Waals surface area (Å²) in [6.07, 6.45) is -0.808. The molecule has 0 aromatic carbocycles. The van der Waals surface area contributed by atoms with E-state index >= 15 is 0 Å². The summed E-state index contributed by atoms with van der Waals surface area (Å²) in [5.74, 6) is -0.422. The molecule has 0 atom stereocenters. The zero-order valence-corrected chi connectivity index (χ0v) is 6.32. The van der Waals surface area contributed by atoms with Crippen molar-refractivity contribution in [3.05, 3.63) is 0 Å². The number of hydrogen-bond donors (Lipinski definition) is 2. The summed E-state index contributed by atoms with van der Waals surface area (Å²) in [6.45, 7) is -0.458. The van der Waals surface area contributed by atoms with Crippen LogP contribution in [0.3, 0.4) is 0 Å². The Morgan fingerprint density at radius 3 is 2.36 bits per heavy atom. The van der Waals surface area contributed by atoms with Crippen LogP contribution in [-0.2, 0) is 9.47 Å². The fourth-order valence-corrected chi connectivity index (χ4v) is 0.408. The molecule has 0 radical (unpaired) electrons. The van der Waals surface area contributed by atoms with Gasteiger partial charge >= 0.3 is 6.16 Å². The molecule has 0 aliphatic rings. The van der Waals surface area contributed by atoms with Crippen molar-refractivity contribution in [2.24, 2.45) is 5.92 Å². The van der Waals surface area contributed by atoms with Crippen LogP contribution >= 0.6 is 0 Å². The highest BCUT2D eigenvalue weighted by Crippen LogP contribution is 1.95. The lowest BCUT2D eigenvalue weighted by Crippen LogP contribution is -2.20. The van der Waals surface area contributed by atoms with E-state index in [-0.39, 0.29) is 19.8 Å². The third-order valence-corrected chi connectivity index (χ3v) is 1.12. The maximum Gasteiger partial charge on any atom is 0.507 e. The van der Waals surface area contributed by atoms with Crippen molar-refractivity contribution in [1.29, 1.82) is 0 Å². The molecule has 5 nitrogen and oxygen atoms in total. The number of aliphatic hydroxyl groups excluding tert-OH is 2. The van der Waals surface area contributed by atoms with Crippen molar-refractivity contribution in [3.63, 3.8) is 0 Å². The predicted octanol–water partition coefficient (Wildman–Crippen LogP) is -0.630.